The largest absolute Gasteiger partial charge is 0.320 e. The summed E-state index contributed by atoms with van der Waals surface area (Å²) in [6, 6.07) is 20.3. The lowest BCUT2D eigenvalue weighted by Gasteiger charge is -2.12. The van der Waals surface area contributed by atoms with Crippen molar-refractivity contribution in [2.45, 2.75) is 0 Å². The van der Waals surface area contributed by atoms with E-state index in [-0.39, 0.29) is 11.8 Å². The van der Waals surface area contributed by atoms with E-state index in [0.717, 1.165) is 5.69 Å². The van der Waals surface area contributed by atoms with Gasteiger partial charge in [-0.3, -0.25) is 9.59 Å². The summed E-state index contributed by atoms with van der Waals surface area (Å²) in [6.07, 6.45) is 1.47. The Hall–Kier alpha value is -4.04. The maximum atomic E-state index is 12.7. The van der Waals surface area contributed by atoms with Crippen molar-refractivity contribution in [1.29, 1.82) is 0 Å². The van der Waals surface area contributed by atoms with Crippen molar-refractivity contribution in [2.24, 2.45) is 0 Å². The summed E-state index contributed by atoms with van der Waals surface area (Å²) in [5.74, 6) is -0.620. The predicted molar refractivity (Wildman–Crippen MR) is 113 cm³/mol. The molecule has 3 aromatic carbocycles. The molecule has 0 saturated heterocycles. The molecule has 4 aromatic rings. The summed E-state index contributed by atoms with van der Waals surface area (Å²) in [5.41, 5.74) is 2.60. The first-order valence-electron chi connectivity index (χ1n) is 8.91. The zero-order valence-electron chi connectivity index (χ0n) is 15.5. The fourth-order valence-electron chi connectivity index (χ4n) is 2.74. The number of benzene rings is 3. The third-order valence-corrected chi connectivity index (χ3v) is 4.52. The number of hydrogen-bond donors (Lipinski definition) is 2. The first-order valence-corrected chi connectivity index (χ1v) is 9.29. The normalized spacial score (nSPS) is 10.4. The van der Waals surface area contributed by atoms with E-state index in [1.165, 1.54) is 11.0 Å². The number of anilines is 2. The van der Waals surface area contributed by atoms with E-state index < -0.39 is 0 Å². The van der Waals surface area contributed by atoms with Crippen molar-refractivity contribution in [3.8, 4) is 5.69 Å². The lowest BCUT2D eigenvalue weighted by Crippen LogP contribution is -2.16. The predicted octanol–water partition coefficient (Wildman–Crippen LogP) is 3.82. The van der Waals surface area contributed by atoms with E-state index in [1.807, 2.05) is 0 Å². The number of tetrazole rings is 1. The molecule has 2 N–H and O–H groups in total. The van der Waals surface area contributed by atoms with Gasteiger partial charge in [0.1, 0.15) is 6.33 Å². The zero-order valence-corrected chi connectivity index (χ0v) is 16.2. The fourth-order valence-corrected chi connectivity index (χ4v) is 2.86. The average Bonchev–Trinajstić information content (AvgIpc) is 3.30. The first-order chi connectivity index (χ1) is 14.6. The van der Waals surface area contributed by atoms with Crippen molar-refractivity contribution in [3.63, 3.8) is 0 Å². The molecule has 0 unspecified atom stereocenters. The molecule has 9 heteroatoms. The van der Waals surface area contributed by atoms with Gasteiger partial charge in [-0.1, -0.05) is 23.7 Å². The van der Waals surface area contributed by atoms with Crippen molar-refractivity contribution >= 4 is 34.8 Å². The quantitative estimate of drug-likeness (QED) is 0.513. The van der Waals surface area contributed by atoms with Crippen LogP contribution in [0, 0.1) is 0 Å². The van der Waals surface area contributed by atoms with Gasteiger partial charge in [0, 0.05) is 16.1 Å². The summed E-state index contributed by atoms with van der Waals surface area (Å²) in [5, 5.41) is 17.2. The van der Waals surface area contributed by atoms with Crippen LogP contribution in [0.2, 0.25) is 5.02 Å². The Morgan fingerprint density at radius 1 is 0.767 bits per heavy atom. The number of halogens is 1. The number of amides is 2. The van der Waals surface area contributed by atoms with Crippen LogP contribution in [-0.4, -0.2) is 32.0 Å². The molecule has 0 radical (unpaired) electrons. The van der Waals surface area contributed by atoms with Crippen molar-refractivity contribution in [2.75, 3.05) is 10.6 Å². The Labute approximate surface area is 176 Å². The molecule has 0 fully saturated rings. The summed E-state index contributed by atoms with van der Waals surface area (Å²) in [6.45, 7) is 0. The molecule has 4 rings (SSSR count). The van der Waals surface area contributed by atoms with Crippen LogP contribution in [0.15, 0.2) is 79.1 Å². The number of nitrogens with zero attached hydrogens (tertiary/aromatic N) is 4. The SMILES string of the molecule is O=C(Nc1ccccc1NC(=O)c1ccc(-n2cnnn2)cc1)c1ccc(Cl)cc1. The molecular formula is C21H15ClN6O2. The third kappa shape index (κ3) is 4.34. The molecule has 1 aromatic heterocycles. The van der Waals surface area contributed by atoms with Crippen molar-refractivity contribution in [3.05, 3.63) is 95.3 Å². The van der Waals surface area contributed by atoms with Crippen molar-refractivity contribution < 1.29 is 9.59 Å². The molecule has 0 aliphatic heterocycles. The smallest absolute Gasteiger partial charge is 0.255 e. The number of nitrogens with one attached hydrogen (secondary N) is 2. The molecule has 0 spiro atoms. The molecule has 0 atom stereocenters. The molecule has 0 aliphatic rings. The van der Waals surface area contributed by atoms with Gasteiger partial charge in [-0.05, 0) is 71.1 Å². The molecule has 2 amide bonds. The van der Waals surface area contributed by atoms with Gasteiger partial charge in [0.25, 0.3) is 11.8 Å². The van der Waals surface area contributed by atoms with Crippen LogP contribution < -0.4 is 10.6 Å². The maximum absolute atomic E-state index is 12.7. The number of rotatable bonds is 5. The second-order valence-electron chi connectivity index (χ2n) is 6.26. The molecule has 0 saturated carbocycles. The molecular weight excluding hydrogens is 404 g/mol. The van der Waals surface area contributed by atoms with Crippen LogP contribution in [0.25, 0.3) is 5.69 Å². The minimum atomic E-state index is -0.313. The first kappa shape index (κ1) is 19.3. The van der Waals surface area contributed by atoms with E-state index in [4.69, 9.17) is 11.6 Å². The lowest BCUT2D eigenvalue weighted by atomic mass is 10.1. The number of carbonyl (C=O) groups is 2. The Bertz CT molecular complexity index is 1180. The van der Waals surface area contributed by atoms with Crippen LogP contribution >= 0.6 is 11.6 Å². The minimum Gasteiger partial charge on any atom is -0.320 e. The van der Waals surface area contributed by atoms with E-state index in [0.29, 0.717) is 27.5 Å². The monoisotopic (exact) mass is 418 g/mol. The van der Waals surface area contributed by atoms with Gasteiger partial charge in [0.05, 0.1) is 17.1 Å². The van der Waals surface area contributed by atoms with E-state index in [9.17, 15) is 9.59 Å². The van der Waals surface area contributed by atoms with Crippen LogP contribution in [0.1, 0.15) is 20.7 Å². The molecule has 30 heavy (non-hydrogen) atoms. The third-order valence-electron chi connectivity index (χ3n) is 4.27. The number of aromatic nitrogens is 4. The van der Waals surface area contributed by atoms with Gasteiger partial charge in [0.2, 0.25) is 0 Å². The lowest BCUT2D eigenvalue weighted by molar-refractivity contribution is 0.101. The molecule has 8 nitrogen and oxygen atoms in total. The summed E-state index contributed by atoms with van der Waals surface area (Å²) >= 11 is 5.87. The molecule has 0 aliphatic carbocycles. The van der Waals surface area contributed by atoms with Crippen LogP contribution in [0.5, 0.6) is 0 Å². The number of carbonyl (C=O) groups excluding carboxylic acids is 2. The van der Waals surface area contributed by atoms with Crippen LogP contribution in [-0.2, 0) is 0 Å². The summed E-state index contributed by atoms with van der Waals surface area (Å²) < 4.78 is 1.49. The van der Waals surface area contributed by atoms with Gasteiger partial charge < -0.3 is 10.6 Å². The highest BCUT2D eigenvalue weighted by Gasteiger charge is 2.12. The van der Waals surface area contributed by atoms with Gasteiger partial charge in [-0.2, -0.15) is 0 Å². The number of para-hydroxylation sites is 2. The highest BCUT2D eigenvalue weighted by atomic mass is 35.5. The van der Waals surface area contributed by atoms with Crippen molar-refractivity contribution in [1.82, 2.24) is 20.2 Å². The minimum absolute atomic E-state index is 0.306. The Morgan fingerprint density at radius 2 is 1.30 bits per heavy atom. The van der Waals surface area contributed by atoms with E-state index in [2.05, 4.69) is 26.2 Å². The second kappa shape index (κ2) is 8.54. The maximum Gasteiger partial charge on any atom is 0.255 e. The van der Waals surface area contributed by atoms with Gasteiger partial charge in [0.15, 0.2) is 0 Å². The van der Waals surface area contributed by atoms with Gasteiger partial charge in [-0.15, -0.1) is 5.10 Å². The molecule has 0 bridgehead atoms. The summed E-state index contributed by atoms with van der Waals surface area (Å²) in [7, 11) is 0. The van der Waals surface area contributed by atoms with E-state index >= 15 is 0 Å². The summed E-state index contributed by atoms with van der Waals surface area (Å²) in [4.78, 5) is 25.2. The highest BCUT2D eigenvalue weighted by Crippen LogP contribution is 2.23. The Kier molecular flexibility index (Phi) is 5.49. The number of hydrogen-bond acceptors (Lipinski definition) is 5. The second-order valence-corrected chi connectivity index (χ2v) is 6.70. The Morgan fingerprint density at radius 3 is 1.80 bits per heavy atom. The van der Waals surface area contributed by atoms with E-state index in [1.54, 1.807) is 72.8 Å². The van der Waals surface area contributed by atoms with Crippen LogP contribution in [0.4, 0.5) is 11.4 Å². The average molecular weight is 419 g/mol. The van der Waals surface area contributed by atoms with Gasteiger partial charge in [-0.25, -0.2) is 4.68 Å². The Balaban J connectivity index is 1.49. The molecule has 148 valence electrons. The topological polar surface area (TPSA) is 102 Å². The fraction of sp³-hybridized carbons (Fsp3) is 0. The zero-order chi connectivity index (χ0) is 20.9. The van der Waals surface area contributed by atoms with Crippen LogP contribution in [0.3, 0.4) is 0 Å². The van der Waals surface area contributed by atoms with Gasteiger partial charge >= 0.3 is 0 Å². The molecule has 1 heterocycles. The highest BCUT2D eigenvalue weighted by molar-refractivity contribution is 6.30. The standard InChI is InChI=1S/C21H15ClN6O2/c22-16-9-5-14(6-10-16)20(29)24-18-3-1-2-4-19(18)25-21(30)15-7-11-17(12-8-15)28-13-23-26-27-28/h1-13H,(H,24,29)(H,25,30).